The molecule has 11 heavy (non-hydrogen) atoms. The fraction of sp³-hybridized carbons (Fsp3) is 1.00. The molecule has 0 rings (SSSR count). The fourth-order valence-corrected chi connectivity index (χ4v) is 0.261. The predicted octanol–water partition coefficient (Wildman–Crippen LogP) is 1.70. The van der Waals surface area contributed by atoms with Gasteiger partial charge < -0.3 is 10.2 Å². The summed E-state index contributed by atoms with van der Waals surface area (Å²) < 4.78 is 106. The monoisotopic (exact) mass is 174 g/mol. The lowest BCUT2D eigenvalue weighted by molar-refractivity contribution is 0.278. The molecule has 0 aliphatic carbocycles. The fourth-order valence-electron chi connectivity index (χ4n) is 0.261. The summed E-state index contributed by atoms with van der Waals surface area (Å²) in [4.78, 5) is 0. The molecule has 0 aromatic heterocycles. The van der Waals surface area contributed by atoms with Crippen molar-refractivity contribution in [3.8, 4) is 0 Å². The van der Waals surface area contributed by atoms with Crippen LogP contribution in [-0.2, 0) is 0 Å². The average molecular weight is 174 g/mol. The molecule has 0 saturated carbocycles. The van der Waals surface area contributed by atoms with Gasteiger partial charge in [0.25, 0.3) is 0 Å². The minimum atomic E-state index is -4.11. The molecule has 0 aliphatic heterocycles. The van der Waals surface area contributed by atoms with E-state index in [9.17, 15) is 0 Å². The maximum Gasteiger partial charge on any atom is 0.0431 e. The van der Waals surface area contributed by atoms with Gasteiger partial charge in [0.1, 0.15) is 0 Å². The molecule has 0 spiro atoms. The molecule has 2 nitrogen and oxygen atoms in total. The van der Waals surface area contributed by atoms with Gasteiger partial charge in [-0.3, -0.25) is 0 Å². The van der Waals surface area contributed by atoms with Crippen molar-refractivity contribution in [3.05, 3.63) is 0 Å². The first-order chi connectivity index (χ1) is 10.6. The molecule has 0 aromatic rings. The molecule has 0 atom stereocenters. The summed E-state index contributed by atoms with van der Waals surface area (Å²) in [6.45, 7) is -3.13. The Morgan fingerprint density at radius 2 is 0.909 bits per heavy atom. The van der Waals surface area contributed by atoms with Crippen molar-refractivity contribution in [2.75, 3.05) is 13.2 Å². The van der Waals surface area contributed by atoms with Crippen molar-refractivity contribution in [1.82, 2.24) is 0 Å². The van der Waals surface area contributed by atoms with E-state index in [0.29, 0.717) is 0 Å². The lowest BCUT2D eigenvalue weighted by Gasteiger charge is -1.98. The van der Waals surface area contributed by atoms with E-state index in [1.54, 1.807) is 0 Å². The number of hydrogen-bond donors (Lipinski definition) is 2. The second-order valence-corrected chi connectivity index (χ2v) is 1.29. The highest BCUT2D eigenvalue weighted by Gasteiger charge is 1.89. The molecule has 68 valence electrons. The third-order valence-electron chi connectivity index (χ3n) is 0.585. The van der Waals surface area contributed by atoms with E-state index in [0.717, 1.165) is 0 Å². The summed E-state index contributed by atoms with van der Waals surface area (Å²) in [7, 11) is 0. The van der Waals surface area contributed by atoms with Gasteiger partial charge in [-0.15, -0.1) is 0 Å². The first-order valence-electron chi connectivity index (χ1n) is 9.84. The highest BCUT2D eigenvalue weighted by Crippen LogP contribution is 2.06. The van der Waals surface area contributed by atoms with Crippen LogP contribution in [0.5, 0.6) is 0 Å². The molecule has 0 fully saturated rings. The number of hydrogen-bond acceptors (Lipinski definition) is 2. The van der Waals surface area contributed by atoms with Gasteiger partial charge in [-0.2, -0.15) is 0 Å². The topological polar surface area (TPSA) is 40.5 Å². The van der Waals surface area contributed by atoms with E-state index < -0.39 is 57.8 Å². The van der Waals surface area contributed by atoms with E-state index in [1.165, 1.54) is 0 Å². The van der Waals surface area contributed by atoms with Crippen LogP contribution in [0, 0.1) is 0 Å². The van der Waals surface area contributed by atoms with E-state index in [1.807, 2.05) is 0 Å². The Labute approximate surface area is 88.9 Å². The van der Waals surface area contributed by atoms with Crippen molar-refractivity contribution in [1.29, 1.82) is 0 Å². The van der Waals surface area contributed by atoms with Crippen LogP contribution in [0.25, 0.3) is 0 Å². The van der Waals surface area contributed by atoms with Crippen molar-refractivity contribution in [3.63, 3.8) is 0 Å². The maximum absolute atomic E-state index is 8.92. The molecule has 0 aliphatic rings. The normalized spacial score (nSPS) is 38.4. The molecule has 0 unspecified atom stereocenters. The van der Waals surface area contributed by atoms with Crippen LogP contribution in [-0.4, -0.2) is 23.4 Å². The molecule has 0 radical (unpaired) electrons. The van der Waals surface area contributed by atoms with Gasteiger partial charge in [0.05, 0.1) is 0 Å². The molecule has 2 heteroatoms. The van der Waals surface area contributed by atoms with Gasteiger partial charge in [0, 0.05) is 32.4 Å². The number of aliphatic hydroxyl groups excluding tert-OH is 2. The zero-order valence-corrected chi connectivity index (χ0v) is 5.81. The summed E-state index contributed by atoms with van der Waals surface area (Å²) >= 11 is 0. The van der Waals surface area contributed by atoms with Crippen LogP contribution in [0.1, 0.15) is 63.8 Å². The average Bonchev–Trinajstić information content (AvgIpc) is 2.45. The second kappa shape index (κ2) is 9.92. The molecule has 0 aromatic carbocycles. The highest BCUT2D eigenvalue weighted by molar-refractivity contribution is 4.44. The van der Waals surface area contributed by atoms with Crippen LogP contribution in [0.4, 0.5) is 0 Å². The summed E-state index contributed by atoms with van der Waals surface area (Å²) in [5.74, 6) is 0. The van der Waals surface area contributed by atoms with Gasteiger partial charge in [-0.25, -0.2) is 0 Å². The zero-order chi connectivity index (χ0) is 20.9. The Bertz CT molecular complexity index is 443. The van der Waals surface area contributed by atoms with Crippen LogP contribution >= 0.6 is 0 Å². The number of rotatable bonds is 8. The van der Waals surface area contributed by atoms with Gasteiger partial charge in [-0.05, 0) is 12.7 Å². The summed E-state index contributed by atoms with van der Waals surface area (Å²) in [5.41, 5.74) is 0. The van der Waals surface area contributed by atoms with E-state index in [2.05, 4.69) is 0 Å². The predicted molar refractivity (Wildman–Crippen MR) is 46.5 cm³/mol. The van der Waals surface area contributed by atoms with Crippen molar-refractivity contribution >= 4 is 0 Å². The molecular weight excluding hydrogens is 140 g/mol. The van der Waals surface area contributed by atoms with Crippen LogP contribution in [0.15, 0.2) is 0 Å². The summed E-state index contributed by atoms with van der Waals surface area (Å²) in [6, 6.07) is 0. The van der Waals surface area contributed by atoms with Crippen LogP contribution < -0.4 is 0 Å². The Morgan fingerprint density at radius 1 is 0.636 bits per heavy atom. The van der Waals surface area contributed by atoms with Gasteiger partial charge in [0.2, 0.25) is 0 Å². The minimum Gasteiger partial charge on any atom is -0.396 e. The van der Waals surface area contributed by atoms with Gasteiger partial charge in [0.15, 0.2) is 0 Å². The zero-order valence-electron chi connectivity index (χ0n) is 19.8. The smallest absolute Gasteiger partial charge is 0.0431 e. The second-order valence-electron chi connectivity index (χ2n) is 1.29. The minimum absolute atomic E-state index is 1.57. The van der Waals surface area contributed by atoms with Crippen molar-refractivity contribution in [2.45, 2.75) is 44.6 Å². The molecule has 0 saturated heterocycles. The molecular formula is C9H20O2. The van der Waals surface area contributed by atoms with E-state index in [-0.39, 0.29) is 0 Å². The van der Waals surface area contributed by atoms with Gasteiger partial charge >= 0.3 is 0 Å². The third kappa shape index (κ3) is 9.92. The SMILES string of the molecule is [2H]C([2H])(CO)C([2H])([2H])C([2H])([2H])C([2H])([2H])C([2H])([2H])C([2H])([2H])C([2H])([2H])CO. The molecule has 0 bridgehead atoms. The Kier molecular flexibility index (Phi) is 1.69. The third-order valence-corrected chi connectivity index (χ3v) is 0.585. The maximum atomic E-state index is 8.92. The number of aliphatic hydroxyl groups is 2. The molecule has 0 heterocycles. The Balaban J connectivity index is 6.46. The summed E-state index contributed by atoms with van der Waals surface area (Å²) in [5, 5.41) is 17.8. The van der Waals surface area contributed by atoms with E-state index >= 15 is 0 Å². The van der Waals surface area contributed by atoms with Crippen molar-refractivity contribution < 1.29 is 29.4 Å². The largest absolute Gasteiger partial charge is 0.396 e. The summed E-state index contributed by atoms with van der Waals surface area (Å²) in [6.07, 6.45) is -26.6. The first-order valence-corrected chi connectivity index (χ1v) is 2.84. The Hall–Kier alpha value is -0.0800. The molecule has 0 amide bonds. The van der Waals surface area contributed by atoms with Gasteiger partial charge in [-0.1, -0.05) is 31.9 Å². The Morgan fingerprint density at radius 3 is 1.18 bits per heavy atom. The van der Waals surface area contributed by atoms with Crippen LogP contribution in [0.3, 0.4) is 0 Å². The highest BCUT2D eigenvalue weighted by atomic mass is 16.3. The first kappa shape index (κ1) is 1.88. The quantitative estimate of drug-likeness (QED) is 0.588. The van der Waals surface area contributed by atoms with Crippen molar-refractivity contribution in [2.24, 2.45) is 0 Å². The standard InChI is InChI=1S/C9H20O2/c10-8-6-4-2-1-3-5-7-9-11/h10-11H,1-9H2/i1D2,2D2,3D2,4D2,5D2,6D2,7D2. The lowest BCUT2D eigenvalue weighted by Crippen LogP contribution is -1.85. The van der Waals surface area contributed by atoms with E-state index in [4.69, 9.17) is 29.4 Å². The lowest BCUT2D eigenvalue weighted by atomic mass is 10.1. The molecule has 2 N–H and O–H groups in total. The van der Waals surface area contributed by atoms with Crippen LogP contribution in [0.2, 0.25) is 0 Å².